The van der Waals surface area contributed by atoms with Crippen LogP contribution in [0.1, 0.15) is 0 Å². The Labute approximate surface area is 469 Å². The first kappa shape index (κ1) is 46.4. The molecule has 0 aliphatic carbocycles. The molecule has 0 aliphatic rings. The summed E-state index contributed by atoms with van der Waals surface area (Å²) in [6.07, 6.45) is 0. The number of hydrogen-bond donors (Lipinski definition) is 0. The Kier molecular flexibility index (Phi) is 10.9. The first-order valence-corrected chi connectivity index (χ1v) is 27.8. The van der Waals surface area contributed by atoms with Crippen LogP contribution in [0.5, 0.6) is 0 Å². The maximum atomic E-state index is 6.58. The zero-order valence-electron chi connectivity index (χ0n) is 44.2. The second kappa shape index (κ2) is 19.0. The van der Waals surface area contributed by atoms with Gasteiger partial charge in [0, 0.05) is 43.7 Å². The number of fused-ring (bicyclic) bond motifs is 9. The van der Waals surface area contributed by atoms with Crippen molar-refractivity contribution in [2.45, 2.75) is 0 Å². The lowest BCUT2D eigenvalue weighted by atomic mass is 9.96. The van der Waals surface area contributed by atoms with Gasteiger partial charge in [-0.05, 0) is 181 Å². The Morgan fingerprint density at radius 3 is 0.951 bits per heavy atom. The molecule has 0 unspecified atom stereocenters. The van der Waals surface area contributed by atoms with E-state index >= 15 is 0 Å². The molecule has 3 aromatic heterocycles. The van der Waals surface area contributed by atoms with Gasteiger partial charge in [-0.15, -0.1) is 0 Å². The van der Waals surface area contributed by atoms with Crippen LogP contribution in [0.2, 0.25) is 0 Å². The predicted molar refractivity (Wildman–Crippen MR) is 340 cm³/mol. The van der Waals surface area contributed by atoms with Gasteiger partial charge >= 0.3 is 0 Å². The van der Waals surface area contributed by atoms with Crippen molar-refractivity contribution in [2.75, 3.05) is 0 Å². The van der Waals surface area contributed by atoms with Crippen LogP contribution >= 0.6 is 0 Å². The van der Waals surface area contributed by atoms with Crippen LogP contribution < -0.4 is 0 Å². The SMILES string of the molecule is c1ccc(-c2cccc(-c3cccc(-c4ccc5c(c4)c4ccccc4n5-c4cccc(-c5ccc6oc7ccc(-n8c9ccccc9c9cc(-c%10cccc(-c%11cccc(-c%12ccccc%12)c%11)c%10)ccc98)cc7c6c5)c4)c3)c2)cc1. The Hall–Kier alpha value is -10.7. The van der Waals surface area contributed by atoms with Gasteiger partial charge in [-0.2, -0.15) is 0 Å². The Balaban J connectivity index is 0.737. The van der Waals surface area contributed by atoms with Gasteiger partial charge in [-0.3, -0.25) is 0 Å². The lowest BCUT2D eigenvalue weighted by molar-refractivity contribution is 0.669. The van der Waals surface area contributed by atoms with Gasteiger partial charge in [0.15, 0.2) is 0 Å². The van der Waals surface area contributed by atoms with Gasteiger partial charge < -0.3 is 13.6 Å². The van der Waals surface area contributed by atoms with E-state index in [1.54, 1.807) is 0 Å². The van der Waals surface area contributed by atoms with Crippen molar-refractivity contribution in [3.05, 3.63) is 303 Å². The predicted octanol–water partition coefficient (Wildman–Crippen LogP) is 21.4. The molecule has 3 nitrogen and oxygen atoms in total. The van der Waals surface area contributed by atoms with Crippen LogP contribution in [0.15, 0.2) is 308 Å². The standard InChI is InChI=1S/C78H50N2O/c1-3-16-51(17-4-1)53-20-11-22-55(42-53)57-24-13-26-59(44-57)62-34-38-75-69(47-62)67-30-7-9-32-73(67)79(75)65-29-15-28-61(46-65)64-36-40-77-71(49-64)72-50-66(37-41-78(72)81-77)80-74-33-10-8-31-68(74)70-48-63(35-39-76(70)80)60-27-14-25-58(45-60)56-23-12-21-54(43-56)52-18-5-2-6-19-52/h1-50H. The van der Waals surface area contributed by atoms with E-state index in [1.807, 2.05) is 0 Å². The van der Waals surface area contributed by atoms with E-state index in [4.69, 9.17) is 4.42 Å². The third-order valence-electron chi connectivity index (χ3n) is 16.5. The fourth-order valence-corrected chi connectivity index (χ4v) is 12.5. The van der Waals surface area contributed by atoms with Crippen molar-refractivity contribution in [3.8, 4) is 89.3 Å². The number of benzene rings is 13. The van der Waals surface area contributed by atoms with Crippen LogP contribution in [0.4, 0.5) is 0 Å². The molecule has 0 radical (unpaired) electrons. The maximum absolute atomic E-state index is 6.58. The van der Waals surface area contributed by atoms with E-state index in [2.05, 4.69) is 312 Å². The van der Waals surface area contributed by atoms with Gasteiger partial charge in [0.25, 0.3) is 0 Å². The van der Waals surface area contributed by atoms with Gasteiger partial charge in [-0.25, -0.2) is 0 Å². The number of rotatable bonds is 9. The number of para-hydroxylation sites is 2. The molecule has 378 valence electrons. The van der Waals surface area contributed by atoms with Crippen LogP contribution in [-0.4, -0.2) is 9.13 Å². The molecule has 0 saturated carbocycles. The molecule has 0 atom stereocenters. The molecular weight excluding hydrogens is 981 g/mol. The quantitative estimate of drug-likeness (QED) is 0.141. The van der Waals surface area contributed by atoms with Gasteiger partial charge in [0.1, 0.15) is 11.2 Å². The molecule has 0 fully saturated rings. The molecule has 3 heteroatoms. The Morgan fingerprint density at radius 1 is 0.173 bits per heavy atom. The summed E-state index contributed by atoms with van der Waals surface area (Å²) in [5, 5.41) is 7.06. The highest BCUT2D eigenvalue weighted by Gasteiger charge is 2.19. The van der Waals surface area contributed by atoms with Gasteiger partial charge in [0.2, 0.25) is 0 Å². The molecule has 0 bridgehead atoms. The first-order valence-electron chi connectivity index (χ1n) is 27.8. The molecule has 16 aromatic rings. The number of nitrogens with zero attached hydrogens (tertiary/aromatic N) is 2. The Morgan fingerprint density at radius 2 is 0.481 bits per heavy atom. The van der Waals surface area contributed by atoms with E-state index < -0.39 is 0 Å². The highest BCUT2D eigenvalue weighted by molar-refractivity contribution is 6.13. The summed E-state index contributed by atoms with van der Waals surface area (Å²) in [7, 11) is 0. The number of furan rings is 1. The van der Waals surface area contributed by atoms with Crippen molar-refractivity contribution in [1.29, 1.82) is 0 Å². The molecule has 0 saturated heterocycles. The zero-order chi connectivity index (χ0) is 53.4. The molecule has 0 spiro atoms. The summed E-state index contributed by atoms with van der Waals surface area (Å²) in [6, 6.07) is 110. The molecule has 3 heterocycles. The lowest BCUT2D eigenvalue weighted by Gasteiger charge is -2.11. The van der Waals surface area contributed by atoms with E-state index in [-0.39, 0.29) is 0 Å². The number of hydrogen-bond acceptors (Lipinski definition) is 1. The number of aromatic nitrogens is 2. The molecule has 16 rings (SSSR count). The smallest absolute Gasteiger partial charge is 0.135 e. The summed E-state index contributed by atoms with van der Waals surface area (Å²) in [6.45, 7) is 0. The molecule has 81 heavy (non-hydrogen) atoms. The minimum absolute atomic E-state index is 0.866. The average molecular weight is 1030 g/mol. The van der Waals surface area contributed by atoms with Crippen molar-refractivity contribution in [2.24, 2.45) is 0 Å². The summed E-state index contributed by atoms with van der Waals surface area (Å²) in [4.78, 5) is 0. The summed E-state index contributed by atoms with van der Waals surface area (Å²) in [5.41, 5.74) is 25.3. The van der Waals surface area contributed by atoms with E-state index in [9.17, 15) is 0 Å². The highest BCUT2D eigenvalue weighted by Crippen LogP contribution is 2.41. The molecule has 13 aromatic carbocycles. The molecule has 0 aliphatic heterocycles. The van der Waals surface area contributed by atoms with E-state index in [0.29, 0.717) is 0 Å². The molecule has 0 amide bonds. The second-order valence-corrected chi connectivity index (χ2v) is 21.3. The summed E-state index contributed by atoms with van der Waals surface area (Å²) in [5.74, 6) is 0. The third kappa shape index (κ3) is 8.05. The molecular formula is C78H50N2O. The van der Waals surface area contributed by atoms with Gasteiger partial charge in [0.05, 0.1) is 22.1 Å². The van der Waals surface area contributed by atoms with Crippen molar-refractivity contribution in [1.82, 2.24) is 9.13 Å². The van der Waals surface area contributed by atoms with E-state index in [0.717, 1.165) is 55.5 Å². The normalized spacial score (nSPS) is 11.7. The summed E-state index contributed by atoms with van der Waals surface area (Å²) < 4.78 is 11.4. The summed E-state index contributed by atoms with van der Waals surface area (Å²) >= 11 is 0. The van der Waals surface area contributed by atoms with Crippen LogP contribution in [-0.2, 0) is 0 Å². The van der Waals surface area contributed by atoms with Gasteiger partial charge in [-0.1, -0.05) is 200 Å². The van der Waals surface area contributed by atoms with Crippen LogP contribution in [0, 0.1) is 0 Å². The second-order valence-electron chi connectivity index (χ2n) is 21.3. The monoisotopic (exact) mass is 1030 g/mol. The Bertz CT molecular complexity index is 5110. The third-order valence-corrected chi connectivity index (χ3v) is 16.5. The fraction of sp³-hybridized carbons (Fsp3) is 0. The average Bonchev–Trinajstić information content (AvgIpc) is 4.38. The van der Waals surface area contributed by atoms with Crippen molar-refractivity contribution in [3.63, 3.8) is 0 Å². The first-order chi connectivity index (χ1) is 40.1. The maximum Gasteiger partial charge on any atom is 0.135 e. The minimum atomic E-state index is 0.866. The highest BCUT2D eigenvalue weighted by atomic mass is 16.3. The molecule has 0 N–H and O–H groups in total. The van der Waals surface area contributed by atoms with Crippen molar-refractivity contribution < 1.29 is 4.42 Å². The topological polar surface area (TPSA) is 23.0 Å². The zero-order valence-corrected chi connectivity index (χ0v) is 44.2. The largest absolute Gasteiger partial charge is 0.456 e. The van der Waals surface area contributed by atoms with Crippen molar-refractivity contribution >= 4 is 65.6 Å². The fourth-order valence-electron chi connectivity index (χ4n) is 12.5. The van der Waals surface area contributed by atoms with Crippen LogP contribution in [0.3, 0.4) is 0 Å². The van der Waals surface area contributed by atoms with E-state index in [1.165, 1.54) is 99.3 Å². The minimum Gasteiger partial charge on any atom is -0.456 e. The lowest BCUT2D eigenvalue weighted by Crippen LogP contribution is -1.94. The van der Waals surface area contributed by atoms with Crippen LogP contribution in [0.25, 0.3) is 155 Å².